The Labute approximate surface area is 156 Å². The summed E-state index contributed by atoms with van der Waals surface area (Å²) in [6, 6.07) is 3.23. The van der Waals surface area contributed by atoms with E-state index < -0.39 is 17.5 Å². The summed E-state index contributed by atoms with van der Waals surface area (Å²) in [6.45, 7) is 6.44. The Kier molecular flexibility index (Phi) is 5.04. The second-order valence-electron chi connectivity index (χ2n) is 7.31. The van der Waals surface area contributed by atoms with E-state index in [0.717, 1.165) is 16.7 Å². The number of rotatable bonds is 4. The Morgan fingerprint density at radius 1 is 1.52 bits per heavy atom. The third-order valence-corrected chi connectivity index (χ3v) is 3.99. The van der Waals surface area contributed by atoms with Crippen molar-refractivity contribution in [2.45, 2.75) is 45.9 Å². The van der Waals surface area contributed by atoms with E-state index in [1.165, 1.54) is 6.07 Å². The molecule has 142 valence electrons. The van der Waals surface area contributed by atoms with Gasteiger partial charge in [-0.3, -0.25) is 4.68 Å². The molecule has 1 amide bonds. The molecule has 0 aliphatic carbocycles. The number of nitrogens with zero attached hydrogens (tertiary/aromatic N) is 3. The van der Waals surface area contributed by atoms with Crippen molar-refractivity contribution in [3.05, 3.63) is 46.5 Å². The molecule has 0 fully saturated rings. The molecule has 1 aromatic heterocycles. The molecule has 1 aliphatic rings. The molecule has 3 rings (SSSR count). The fraction of sp³-hybridized carbons (Fsp3) is 0.421. The number of hydrogen-bond donors (Lipinski definition) is 1. The number of carbonyl (C=O) groups excluding carboxylic acids is 1. The zero-order valence-corrected chi connectivity index (χ0v) is 15.5. The molecule has 0 atom stereocenters. The largest absolute Gasteiger partial charge is 0.491 e. The molecule has 7 nitrogen and oxygen atoms in total. The number of fused-ring (bicyclic) bond motifs is 1. The standard InChI is InChI=1S/C19H21FN4O3/c1-19(2,3)27-18(25)22-8-12-9-23-24(10-12)11-13-6-16(20)15(7-21)17-14(13)4-5-26-17/h6,9-10H,4-5,8,11H2,1-3H3,(H,22,25). The maximum atomic E-state index is 14.2. The number of ether oxygens (including phenoxy) is 2. The van der Waals surface area contributed by atoms with Crippen LogP contribution in [0.25, 0.3) is 0 Å². The molecule has 0 saturated carbocycles. The smallest absolute Gasteiger partial charge is 0.407 e. The van der Waals surface area contributed by atoms with Crippen LogP contribution in [0.15, 0.2) is 18.5 Å². The highest BCUT2D eigenvalue weighted by molar-refractivity contribution is 5.67. The Hall–Kier alpha value is -3.08. The van der Waals surface area contributed by atoms with Crippen LogP contribution in [0, 0.1) is 17.1 Å². The first-order valence-corrected chi connectivity index (χ1v) is 8.62. The van der Waals surface area contributed by atoms with Crippen LogP contribution < -0.4 is 10.1 Å². The lowest BCUT2D eigenvalue weighted by atomic mass is 10.0. The van der Waals surface area contributed by atoms with Crippen LogP contribution in [-0.4, -0.2) is 28.1 Å². The fourth-order valence-corrected chi connectivity index (χ4v) is 2.90. The van der Waals surface area contributed by atoms with Gasteiger partial charge in [-0.2, -0.15) is 10.4 Å². The molecule has 1 aromatic carbocycles. The number of alkyl carbamates (subject to hydrolysis) is 1. The normalized spacial score (nSPS) is 12.9. The maximum absolute atomic E-state index is 14.2. The van der Waals surface area contributed by atoms with E-state index in [-0.39, 0.29) is 12.1 Å². The number of benzene rings is 1. The number of carbonyl (C=O) groups is 1. The minimum Gasteiger partial charge on any atom is -0.491 e. The average molecular weight is 372 g/mol. The quantitative estimate of drug-likeness (QED) is 0.891. The Balaban J connectivity index is 1.69. The van der Waals surface area contributed by atoms with Crippen molar-refractivity contribution >= 4 is 6.09 Å². The van der Waals surface area contributed by atoms with Crippen LogP contribution in [0.4, 0.5) is 9.18 Å². The number of nitrogens with one attached hydrogen (secondary N) is 1. The molecular formula is C19H21FN4O3. The van der Waals surface area contributed by atoms with Crippen LogP contribution >= 0.6 is 0 Å². The zero-order chi connectivity index (χ0) is 19.6. The highest BCUT2D eigenvalue weighted by atomic mass is 19.1. The first kappa shape index (κ1) is 18.7. The summed E-state index contributed by atoms with van der Waals surface area (Å²) in [5, 5.41) is 16.0. The summed E-state index contributed by atoms with van der Waals surface area (Å²) in [5.41, 5.74) is 1.76. The lowest BCUT2D eigenvalue weighted by Crippen LogP contribution is -2.32. The Bertz CT molecular complexity index is 909. The highest BCUT2D eigenvalue weighted by Gasteiger charge is 2.24. The topological polar surface area (TPSA) is 89.2 Å². The molecule has 2 heterocycles. The number of halogens is 1. The van der Waals surface area contributed by atoms with Gasteiger partial charge in [0.15, 0.2) is 0 Å². The van der Waals surface area contributed by atoms with E-state index >= 15 is 0 Å². The molecule has 0 radical (unpaired) electrons. The second-order valence-corrected chi connectivity index (χ2v) is 7.31. The van der Waals surface area contributed by atoms with Crippen LogP contribution in [0.3, 0.4) is 0 Å². The lowest BCUT2D eigenvalue weighted by molar-refractivity contribution is 0.0523. The van der Waals surface area contributed by atoms with Crippen molar-refractivity contribution < 1.29 is 18.7 Å². The summed E-state index contributed by atoms with van der Waals surface area (Å²) in [7, 11) is 0. The van der Waals surface area contributed by atoms with Crippen molar-refractivity contribution in [2.24, 2.45) is 0 Å². The van der Waals surface area contributed by atoms with Crippen LogP contribution in [0.5, 0.6) is 5.75 Å². The van der Waals surface area contributed by atoms with Gasteiger partial charge >= 0.3 is 6.09 Å². The summed E-state index contributed by atoms with van der Waals surface area (Å²) in [4.78, 5) is 11.7. The van der Waals surface area contributed by atoms with E-state index in [2.05, 4.69) is 10.4 Å². The van der Waals surface area contributed by atoms with E-state index in [9.17, 15) is 9.18 Å². The second kappa shape index (κ2) is 7.27. The first-order chi connectivity index (χ1) is 12.8. The van der Waals surface area contributed by atoms with Gasteiger partial charge in [-0.15, -0.1) is 0 Å². The Morgan fingerprint density at radius 3 is 3.00 bits per heavy atom. The molecule has 0 saturated heterocycles. The van der Waals surface area contributed by atoms with E-state index in [4.69, 9.17) is 14.7 Å². The van der Waals surface area contributed by atoms with Gasteiger partial charge in [-0.1, -0.05) is 0 Å². The first-order valence-electron chi connectivity index (χ1n) is 8.62. The van der Waals surface area contributed by atoms with Crippen LogP contribution in [0.2, 0.25) is 0 Å². The van der Waals surface area contributed by atoms with Gasteiger partial charge in [-0.05, 0) is 32.4 Å². The predicted molar refractivity (Wildman–Crippen MR) is 94.7 cm³/mol. The van der Waals surface area contributed by atoms with Crippen molar-refractivity contribution in [1.29, 1.82) is 5.26 Å². The number of hydrogen-bond acceptors (Lipinski definition) is 5. The fourth-order valence-electron chi connectivity index (χ4n) is 2.90. The minimum absolute atomic E-state index is 0.0473. The van der Waals surface area contributed by atoms with Gasteiger partial charge in [-0.25, -0.2) is 9.18 Å². The molecule has 0 unspecified atom stereocenters. The molecule has 27 heavy (non-hydrogen) atoms. The van der Waals surface area contributed by atoms with Gasteiger partial charge in [0.1, 0.15) is 28.8 Å². The minimum atomic E-state index is -0.591. The van der Waals surface area contributed by atoms with Crippen molar-refractivity contribution in [1.82, 2.24) is 15.1 Å². The SMILES string of the molecule is CC(C)(C)OC(=O)NCc1cnn(Cc2cc(F)c(C#N)c3c2CCO3)c1. The number of aromatic nitrogens is 2. The predicted octanol–water partition coefficient (Wildman–Crippen LogP) is 2.90. The maximum Gasteiger partial charge on any atom is 0.407 e. The van der Waals surface area contributed by atoms with E-state index in [0.29, 0.717) is 25.3 Å². The van der Waals surface area contributed by atoms with Crippen molar-refractivity contribution in [3.63, 3.8) is 0 Å². The average Bonchev–Trinajstić information content (AvgIpc) is 3.21. The zero-order valence-electron chi connectivity index (χ0n) is 15.5. The number of amides is 1. The summed E-state index contributed by atoms with van der Waals surface area (Å²) in [6.07, 6.45) is 3.54. The van der Waals surface area contributed by atoms with Crippen molar-refractivity contribution in [2.75, 3.05) is 6.61 Å². The molecular weight excluding hydrogens is 351 g/mol. The van der Waals surface area contributed by atoms with Crippen molar-refractivity contribution in [3.8, 4) is 11.8 Å². The van der Waals surface area contributed by atoms with Gasteiger partial charge in [0.2, 0.25) is 0 Å². The summed E-state index contributed by atoms with van der Waals surface area (Å²) in [5.74, 6) is -0.251. The van der Waals surface area contributed by atoms with Crippen LogP contribution in [-0.2, 0) is 24.2 Å². The molecule has 8 heteroatoms. The molecule has 1 aliphatic heterocycles. The van der Waals surface area contributed by atoms with Gasteiger partial charge in [0, 0.05) is 30.3 Å². The lowest BCUT2D eigenvalue weighted by Gasteiger charge is -2.19. The van der Waals surface area contributed by atoms with Crippen LogP contribution in [0.1, 0.15) is 43.0 Å². The van der Waals surface area contributed by atoms with E-state index in [1.54, 1.807) is 37.8 Å². The summed E-state index contributed by atoms with van der Waals surface area (Å²) >= 11 is 0. The third-order valence-electron chi connectivity index (χ3n) is 3.99. The number of nitriles is 1. The highest BCUT2D eigenvalue weighted by Crippen LogP contribution is 2.34. The molecule has 0 spiro atoms. The Morgan fingerprint density at radius 2 is 2.30 bits per heavy atom. The van der Waals surface area contributed by atoms with Gasteiger partial charge in [0.05, 0.1) is 19.3 Å². The molecule has 0 bridgehead atoms. The molecule has 2 aromatic rings. The van der Waals surface area contributed by atoms with Gasteiger partial charge in [0.25, 0.3) is 0 Å². The van der Waals surface area contributed by atoms with E-state index in [1.807, 2.05) is 6.07 Å². The summed E-state index contributed by atoms with van der Waals surface area (Å²) < 4.78 is 26.4. The third kappa shape index (κ3) is 4.37. The van der Waals surface area contributed by atoms with Gasteiger partial charge < -0.3 is 14.8 Å². The monoisotopic (exact) mass is 372 g/mol. The molecule has 1 N–H and O–H groups in total.